The zero-order valence-corrected chi connectivity index (χ0v) is 14.1. The third kappa shape index (κ3) is 3.86. The smallest absolute Gasteiger partial charge is 0.219 e. The number of amides is 1. The van der Waals surface area contributed by atoms with Gasteiger partial charge in [0.1, 0.15) is 0 Å². The first-order valence-corrected chi connectivity index (χ1v) is 7.75. The molecular formula is C15H20ClN3OS. The molecule has 6 heteroatoms. The lowest BCUT2D eigenvalue weighted by Crippen LogP contribution is -2.51. The van der Waals surface area contributed by atoms with Crippen LogP contribution in [0.1, 0.15) is 18.1 Å². The second kappa shape index (κ2) is 6.62. The predicted octanol–water partition coefficient (Wildman–Crippen LogP) is 2.82. The van der Waals surface area contributed by atoms with Gasteiger partial charge in [0.15, 0.2) is 5.11 Å². The second-order valence-corrected chi connectivity index (χ2v) is 6.16. The van der Waals surface area contributed by atoms with Crippen molar-refractivity contribution in [3.05, 3.63) is 28.3 Å². The van der Waals surface area contributed by atoms with Crippen LogP contribution in [0, 0.1) is 13.8 Å². The molecule has 4 nitrogen and oxygen atoms in total. The highest BCUT2D eigenvalue weighted by Gasteiger charge is 2.21. The molecule has 0 bridgehead atoms. The summed E-state index contributed by atoms with van der Waals surface area (Å²) >= 11 is 11.8. The lowest BCUT2D eigenvalue weighted by Gasteiger charge is -2.36. The van der Waals surface area contributed by atoms with Gasteiger partial charge in [-0.15, -0.1) is 0 Å². The summed E-state index contributed by atoms with van der Waals surface area (Å²) in [6.07, 6.45) is 0. The summed E-state index contributed by atoms with van der Waals surface area (Å²) in [5.41, 5.74) is 3.06. The molecule has 21 heavy (non-hydrogen) atoms. The average molecular weight is 326 g/mol. The predicted molar refractivity (Wildman–Crippen MR) is 91.0 cm³/mol. The first-order valence-electron chi connectivity index (χ1n) is 6.96. The zero-order valence-electron chi connectivity index (χ0n) is 12.6. The highest BCUT2D eigenvalue weighted by Crippen LogP contribution is 2.27. The lowest BCUT2D eigenvalue weighted by molar-refractivity contribution is -0.130. The summed E-state index contributed by atoms with van der Waals surface area (Å²) in [5, 5.41) is 4.58. The van der Waals surface area contributed by atoms with Gasteiger partial charge in [-0.25, -0.2) is 0 Å². The molecule has 1 aliphatic heterocycles. The number of piperazine rings is 1. The Bertz CT molecular complexity index is 545. The third-order valence-electron chi connectivity index (χ3n) is 3.68. The van der Waals surface area contributed by atoms with Crippen LogP contribution >= 0.6 is 23.8 Å². The number of thiocarbonyl (C=S) groups is 1. The topological polar surface area (TPSA) is 35.6 Å². The van der Waals surface area contributed by atoms with Gasteiger partial charge in [-0.2, -0.15) is 0 Å². The SMILES string of the molecule is CC(=O)N1CCN(C(=S)Nc2c(C)cc(C)cc2Cl)CC1. The molecule has 0 spiro atoms. The number of anilines is 1. The maximum atomic E-state index is 11.3. The first-order chi connectivity index (χ1) is 9.88. The van der Waals surface area contributed by atoms with E-state index in [0.29, 0.717) is 23.2 Å². The number of hydrogen-bond donors (Lipinski definition) is 1. The lowest BCUT2D eigenvalue weighted by atomic mass is 10.1. The van der Waals surface area contributed by atoms with E-state index >= 15 is 0 Å². The van der Waals surface area contributed by atoms with Crippen molar-refractivity contribution in [1.29, 1.82) is 0 Å². The molecule has 0 aromatic heterocycles. The Labute approximate surface area is 136 Å². The molecule has 0 saturated carbocycles. The molecule has 1 fully saturated rings. The van der Waals surface area contributed by atoms with Gasteiger partial charge in [-0.3, -0.25) is 4.79 Å². The van der Waals surface area contributed by atoms with Crippen LogP contribution < -0.4 is 5.32 Å². The molecule has 1 aliphatic rings. The Kier molecular flexibility index (Phi) is 5.06. The molecule has 1 saturated heterocycles. The third-order valence-corrected chi connectivity index (χ3v) is 4.33. The van der Waals surface area contributed by atoms with E-state index in [9.17, 15) is 4.79 Å². The Balaban J connectivity index is 2.01. The van der Waals surface area contributed by atoms with E-state index in [1.165, 1.54) is 0 Å². The molecule has 0 unspecified atom stereocenters. The van der Waals surface area contributed by atoms with Crippen molar-refractivity contribution in [2.75, 3.05) is 31.5 Å². The van der Waals surface area contributed by atoms with E-state index in [1.54, 1.807) is 6.92 Å². The van der Waals surface area contributed by atoms with Gasteiger partial charge in [0.2, 0.25) is 5.91 Å². The molecule has 1 amide bonds. The van der Waals surface area contributed by atoms with E-state index < -0.39 is 0 Å². The van der Waals surface area contributed by atoms with Crippen LogP contribution in [0.25, 0.3) is 0 Å². The van der Waals surface area contributed by atoms with Crippen molar-refractivity contribution in [1.82, 2.24) is 9.80 Å². The minimum absolute atomic E-state index is 0.117. The van der Waals surface area contributed by atoms with Crippen molar-refractivity contribution < 1.29 is 4.79 Å². The molecule has 0 radical (unpaired) electrons. The van der Waals surface area contributed by atoms with Gasteiger partial charge in [0.05, 0.1) is 10.7 Å². The summed E-state index contributed by atoms with van der Waals surface area (Å²) in [7, 11) is 0. The number of nitrogens with one attached hydrogen (secondary N) is 1. The molecule has 1 heterocycles. The van der Waals surface area contributed by atoms with Crippen LogP contribution in [0.5, 0.6) is 0 Å². The van der Waals surface area contributed by atoms with Crippen molar-refractivity contribution in [3.8, 4) is 0 Å². The van der Waals surface area contributed by atoms with Crippen molar-refractivity contribution in [3.63, 3.8) is 0 Å². The van der Waals surface area contributed by atoms with E-state index in [2.05, 4.69) is 16.3 Å². The number of aryl methyl sites for hydroxylation is 2. The first kappa shape index (κ1) is 16.0. The maximum Gasteiger partial charge on any atom is 0.219 e. The van der Waals surface area contributed by atoms with Crippen LogP contribution in [0.2, 0.25) is 5.02 Å². The largest absolute Gasteiger partial charge is 0.345 e. The van der Waals surface area contributed by atoms with Gasteiger partial charge in [0, 0.05) is 33.1 Å². The van der Waals surface area contributed by atoms with Gasteiger partial charge >= 0.3 is 0 Å². The van der Waals surface area contributed by atoms with E-state index in [-0.39, 0.29) is 5.91 Å². The monoisotopic (exact) mass is 325 g/mol. The number of halogens is 1. The Morgan fingerprint density at radius 3 is 2.29 bits per heavy atom. The fraction of sp³-hybridized carbons (Fsp3) is 0.467. The van der Waals surface area contributed by atoms with Gasteiger partial charge in [-0.05, 0) is 43.3 Å². The summed E-state index contributed by atoms with van der Waals surface area (Å²) in [6.45, 7) is 8.53. The molecular weight excluding hydrogens is 306 g/mol. The van der Waals surface area contributed by atoms with Crippen LogP contribution in [-0.4, -0.2) is 47.0 Å². The molecule has 1 aromatic carbocycles. The van der Waals surface area contributed by atoms with Crippen LogP contribution in [0.4, 0.5) is 5.69 Å². The zero-order chi connectivity index (χ0) is 15.6. The highest BCUT2D eigenvalue weighted by molar-refractivity contribution is 7.80. The number of nitrogens with zero attached hydrogens (tertiary/aromatic N) is 2. The fourth-order valence-electron chi connectivity index (χ4n) is 2.48. The Hall–Kier alpha value is -1.33. The van der Waals surface area contributed by atoms with Crippen molar-refractivity contribution in [2.24, 2.45) is 0 Å². The normalized spacial score (nSPS) is 15.0. The molecule has 0 aliphatic carbocycles. The number of carbonyl (C=O) groups is 1. The summed E-state index contributed by atoms with van der Waals surface area (Å²) in [4.78, 5) is 15.2. The number of carbonyl (C=O) groups excluding carboxylic acids is 1. The van der Waals surface area contributed by atoms with Crippen LogP contribution in [0.15, 0.2) is 12.1 Å². The van der Waals surface area contributed by atoms with Gasteiger partial charge < -0.3 is 15.1 Å². The minimum Gasteiger partial charge on any atom is -0.345 e. The highest BCUT2D eigenvalue weighted by atomic mass is 35.5. The standard InChI is InChI=1S/C15H20ClN3OS/c1-10-8-11(2)14(13(16)9-10)17-15(21)19-6-4-18(5-7-19)12(3)20/h8-9H,4-7H2,1-3H3,(H,17,21). The van der Waals surface area contributed by atoms with Crippen molar-refractivity contribution >= 4 is 40.5 Å². The maximum absolute atomic E-state index is 11.3. The van der Waals surface area contributed by atoms with E-state index in [4.69, 9.17) is 23.8 Å². The van der Waals surface area contributed by atoms with Gasteiger partial charge in [0.25, 0.3) is 0 Å². The summed E-state index contributed by atoms with van der Waals surface area (Å²) in [6, 6.07) is 4.00. The van der Waals surface area contributed by atoms with Gasteiger partial charge in [-0.1, -0.05) is 17.7 Å². The summed E-state index contributed by atoms with van der Waals surface area (Å²) < 4.78 is 0. The van der Waals surface area contributed by atoms with Crippen LogP contribution in [0.3, 0.4) is 0 Å². The Morgan fingerprint density at radius 2 is 1.76 bits per heavy atom. The quantitative estimate of drug-likeness (QED) is 0.805. The van der Waals surface area contributed by atoms with E-state index in [0.717, 1.165) is 29.9 Å². The minimum atomic E-state index is 0.117. The molecule has 1 N–H and O–H groups in total. The molecule has 2 rings (SSSR count). The molecule has 0 atom stereocenters. The van der Waals surface area contributed by atoms with Crippen molar-refractivity contribution in [2.45, 2.75) is 20.8 Å². The van der Waals surface area contributed by atoms with Crippen LogP contribution in [-0.2, 0) is 4.79 Å². The van der Waals surface area contributed by atoms with E-state index in [1.807, 2.05) is 24.8 Å². The molecule has 114 valence electrons. The molecule has 1 aromatic rings. The Morgan fingerprint density at radius 1 is 1.19 bits per heavy atom. The second-order valence-electron chi connectivity index (χ2n) is 5.36. The summed E-state index contributed by atoms with van der Waals surface area (Å²) in [5.74, 6) is 0.117. The number of rotatable bonds is 1. The number of hydrogen-bond acceptors (Lipinski definition) is 2. The fourth-order valence-corrected chi connectivity index (χ4v) is 3.14. The number of benzene rings is 1. The average Bonchev–Trinajstić information content (AvgIpc) is 2.42.